The van der Waals surface area contributed by atoms with Crippen molar-refractivity contribution in [3.63, 3.8) is 0 Å². The largest absolute Gasteiger partial charge is 0.411 e. The lowest BCUT2D eigenvalue weighted by Gasteiger charge is -2.03. The molecule has 0 unspecified atom stereocenters. The first-order valence-corrected chi connectivity index (χ1v) is 2.14. The summed E-state index contributed by atoms with van der Waals surface area (Å²) in [5, 5.41) is 4.88. The molecule has 0 saturated carbocycles. The minimum Gasteiger partial charge on any atom is -0.411 e. The van der Waals surface area contributed by atoms with Crippen LogP contribution in [-0.2, 0) is 0 Å². The Balaban J connectivity index is 3.38. The van der Waals surface area contributed by atoms with Crippen molar-refractivity contribution in [2.24, 2.45) is 4.90 Å². The van der Waals surface area contributed by atoms with Crippen molar-refractivity contribution >= 4 is 29.3 Å². The van der Waals surface area contributed by atoms with E-state index in [4.69, 9.17) is 16.0 Å². The van der Waals surface area contributed by atoms with Crippen LogP contribution in [0.5, 0.6) is 0 Å². The van der Waals surface area contributed by atoms with Gasteiger partial charge in [-0.3, -0.25) is 0 Å². The second-order valence-electron chi connectivity index (χ2n) is 1.06. The topological polar surface area (TPSA) is 36.4 Å². The van der Waals surface area contributed by atoms with Crippen molar-refractivity contribution in [1.29, 1.82) is 0 Å². The molecule has 0 aromatic heterocycles. The lowest BCUT2D eigenvalue weighted by atomic mass is 10.0. The van der Waals surface area contributed by atoms with Crippen LogP contribution in [0.4, 0.5) is 0 Å². The summed E-state index contributed by atoms with van der Waals surface area (Å²) in [6, 6.07) is 0. The van der Waals surface area contributed by atoms with Crippen LogP contribution in [0.15, 0.2) is 4.90 Å². The van der Waals surface area contributed by atoms with E-state index in [0.29, 0.717) is 5.96 Å². The van der Waals surface area contributed by atoms with Crippen molar-refractivity contribution in [2.45, 2.75) is 6.82 Å². The van der Waals surface area contributed by atoms with Crippen molar-refractivity contribution < 1.29 is 0 Å². The third-order valence-corrected chi connectivity index (χ3v) is 0.547. The van der Waals surface area contributed by atoms with Crippen LogP contribution in [-0.4, -0.2) is 29.3 Å². The number of nitrogens with one attached hydrogen (secondary N) is 2. The first kappa shape index (κ1) is 7.46. The Bertz CT molecular complexity index is 82.6. The minimum absolute atomic E-state index is 0.340. The molecule has 0 rings (SSSR count). The molecule has 0 aliphatic heterocycles. The summed E-state index contributed by atoms with van der Waals surface area (Å²) in [6.45, 7) is 1.79. The van der Waals surface area contributed by atoms with Crippen LogP contribution >= 0.6 is 0 Å². The zero-order valence-corrected chi connectivity index (χ0v) is 4.68. The SMILES string of the molecule is [B]N=C(N[B])N[B]C. The Morgan fingerprint density at radius 1 is 1.75 bits per heavy atom. The lowest BCUT2D eigenvalue weighted by molar-refractivity contribution is 1.30. The summed E-state index contributed by atoms with van der Waals surface area (Å²) in [4.78, 5) is 3.23. The lowest BCUT2D eigenvalue weighted by Crippen LogP contribution is -2.36. The van der Waals surface area contributed by atoms with Crippen LogP contribution in [0.3, 0.4) is 0 Å². The Kier molecular flexibility index (Phi) is 4.31. The number of hydrogen-bond donors (Lipinski definition) is 2. The maximum absolute atomic E-state index is 4.93. The molecule has 3 nitrogen and oxygen atoms in total. The van der Waals surface area contributed by atoms with E-state index in [2.05, 4.69) is 15.4 Å². The molecule has 0 aromatic carbocycles. The van der Waals surface area contributed by atoms with Gasteiger partial charge in [0.1, 0.15) is 5.96 Å². The molecule has 0 saturated heterocycles. The van der Waals surface area contributed by atoms with E-state index in [1.807, 2.05) is 0 Å². The molecule has 0 aliphatic rings. The fourth-order valence-electron chi connectivity index (χ4n) is 0.253. The Morgan fingerprint density at radius 2 is 2.38 bits per heavy atom. The molecule has 0 bridgehead atoms. The fraction of sp³-hybridized carbons (Fsp3) is 0.500. The average molecular weight is 104 g/mol. The molecule has 0 atom stereocenters. The van der Waals surface area contributed by atoms with Crippen LogP contribution in [0, 0.1) is 0 Å². The molecule has 0 fully saturated rings. The Labute approximate surface area is 52.5 Å². The van der Waals surface area contributed by atoms with Gasteiger partial charge in [0.2, 0.25) is 15.4 Å². The molecule has 0 aliphatic carbocycles. The van der Waals surface area contributed by atoms with E-state index < -0.39 is 0 Å². The zero-order chi connectivity index (χ0) is 6.41. The summed E-state index contributed by atoms with van der Waals surface area (Å²) >= 11 is 0. The Hall–Kier alpha value is -0.535. The van der Waals surface area contributed by atoms with Gasteiger partial charge in [-0.05, 0) is 0 Å². The molecular weight excluding hydrogens is 98.5 g/mol. The van der Waals surface area contributed by atoms with Crippen molar-refractivity contribution in [3.05, 3.63) is 0 Å². The van der Waals surface area contributed by atoms with Gasteiger partial charge in [0, 0.05) is 0 Å². The van der Waals surface area contributed by atoms with Gasteiger partial charge in [-0.15, -0.1) is 0 Å². The summed E-state index contributed by atoms with van der Waals surface area (Å²) in [5.41, 5.74) is 0. The second-order valence-corrected chi connectivity index (χ2v) is 1.06. The second kappa shape index (κ2) is 4.62. The maximum atomic E-state index is 4.93. The zero-order valence-electron chi connectivity index (χ0n) is 4.68. The van der Waals surface area contributed by atoms with Crippen molar-refractivity contribution in [1.82, 2.24) is 10.5 Å². The van der Waals surface area contributed by atoms with Gasteiger partial charge in [-0.1, -0.05) is 6.82 Å². The van der Waals surface area contributed by atoms with E-state index in [-0.39, 0.29) is 0 Å². The maximum Gasteiger partial charge on any atom is 0.264 e. The first-order chi connectivity index (χ1) is 3.85. The first-order valence-electron chi connectivity index (χ1n) is 2.14. The molecule has 8 heavy (non-hydrogen) atoms. The van der Waals surface area contributed by atoms with Gasteiger partial charge < -0.3 is 15.4 Å². The van der Waals surface area contributed by atoms with Gasteiger partial charge in [0.25, 0.3) is 7.98 Å². The van der Waals surface area contributed by atoms with Crippen LogP contribution in [0.25, 0.3) is 0 Å². The fourth-order valence-corrected chi connectivity index (χ4v) is 0.253. The summed E-state index contributed by atoms with van der Waals surface area (Å²) in [6.07, 6.45) is 0. The quantitative estimate of drug-likeness (QED) is 0.237. The Morgan fingerprint density at radius 3 is 2.50 bits per heavy atom. The summed E-state index contributed by atoms with van der Waals surface area (Å²) in [5.74, 6) is 0.340. The molecule has 0 amide bonds. The van der Waals surface area contributed by atoms with E-state index in [0.717, 1.165) is 0 Å². The number of hydrogen-bond acceptors (Lipinski definition) is 1. The molecule has 0 aromatic rings. The molecule has 2 N–H and O–H groups in total. The highest BCUT2D eigenvalue weighted by atomic mass is 15.1. The smallest absolute Gasteiger partial charge is 0.264 e. The van der Waals surface area contributed by atoms with Crippen LogP contribution in [0.2, 0.25) is 6.82 Å². The van der Waals surface area contributed by atoms with E-state index >= 15 is 0 Å². The minimum atomic E-state index is 0.340. The normalized spacial score (nSPS) is 10.4. The van der Waals surface area contributed by atoms with E-state index in [1.165, 1.54) is 0 Å². The molecule has 0 heterocycles. The standard InChI is InChI=1S/C2H5B3N3/c1-5-8-2(6-3)7-4/h1H3,(H2,6,7,8). The van der Waals surface area contributed by atoms with Crippen LogP contribution in [0.1, 0.15) is 0 Å². The number of nitrogens with zero attached hydrogens (tertiary/aromatic N) is 1. The monoisotopic (exact) mass is 104 g/mol. The number of guanidine groups is 1. The van der Waals surface area contributed by atoms with E-state index in [1.54, 1.807) is 14.2 Å². The third-order valence-electron chi connectivity index (χ3n) is 0.547. The highest BCUT2D eigenvalue weighted by Gasteiger charge is 1.85. The molecule has 6 heteroatoms. The van der Waals surface area contributed by atoms with Gasteiger partial charge in [-0.25, -0.2) is 0 Å². The van der Waals surface area contributed by atoms with Gasteiger partial charge in [0.15, 0.2) is 0 Å². The predicted octanol–water partition coefficient (Wildman–Crippen LogP) is -1.64. The summed E-state index contributed by atoms with van der Waals surface area (Å²) in [7, 11) is 11.4. The van der Waals surface area contributed by atoms with Crippen LogP contribution < -0.4 is 10.5 Å². The van der Waals surface area contributed by atoms with Gasteiger partial charge in [0.05, 0.1) is 0 Å². The molecular formula is C2H5B3N3. The van der Waals surface area contributed by atoms with Crippen molar-refractivity contribution in [3.8, 4) is 0 Å². The highest BCUT2D eigenvalue weighted by molar-refractivity contribution is 6.38. The predicted molar refractivity (Wildman–Crippen MR) is 36.8 cm³/mol. The molecule has 37 valence electrons. The third kappa shape index (κ3) is 2.61. The van der Waals surface area contributed by atoms with Crippen molar-refractivity contribution in [2.75, 3.05) is 0 Å². The highest BCUT2D eigenvalue weighted by Crippen LogP contribution is 1.57. The average Bonchev–Trinajstić information content (AvgIpc) is 1.83. The number of rotatable bonds is 1. The molecule has 0 spiro atoms. The summed E-state index contributed by atoms with van der Waals surface area (Å²) < 4.78 is 0. The van der Waals surface area contributed by atoms with Gasteiger partial charge in [-0.2, -0.15) is 0 Å². The van der Waals surface area contributed by atoms with Gasteiger partial charge >= 0.3 is 0 Å². The molecule has 5 radical (unpaired) electrons. The van der Waals surface area contributed by atoms with E-state index in [9.17, 15) is 0 Å².